The van der Waals surface area contributed by atoms with Crippen molar-refractivity contribution in [2.45, 2.75) is 0 Å². The Balaban J connectivity index is 2.08. The van der Waals surface area contributed by atoms with E-state index in [2.05, 4.69) is 34.0 Å². The van der Waals surface area contributed by atoms with Crippen LogP contribution in [0.5, 0.6) is 0 Å². The van der Waals surface area contributed by atoms with Gasteiger partial charge < -0.3 is 9.47 Å². The van der Waals surface area contributed by atoms with Gasteiger partial charge in [0.05, 0.1) is 5.69 Å². The lowest BCUT2D eigenvalue weighted by atomic mass is 10.2. The Hall–Kier alpha value is -2.41. The van der Waals surface area contributed by atoms with E-state index in [1.165, 1.54) is 10.9 Å². The van der Waals surface area contributed by atoms with Gasteiger partial charge in [-0.2, -0.15) is 5.26 Å². The number of anilines is 1. The molecule has 1 aliphatic rings. The van der Waals surface area contributed by atoms with Gasteiger partial charge >= 0.3 is 0 Å². The van der Waals surface area contributed by atoms with Crippen molar-refractivity contribution in [2.24, 2.45) is 7.05 Å². The van der Waals surface area contributed by atoms with E-state index in [1.807, 2.05) is 25.4 Å². The van der Waals surface area contributed by atoms with E-state index >= 15 is 0 Å². The Kier molecular flexibility index (Phi) is 2.05. The molecule has 1 aromatic heterocycles. The molecule has 3 rings (SSSR count). The van der Waals surface area contributed by atoms with Crippen molar-refractivity contribution < 1.29 is 0 Å². The number of rotatable bonds is 1. The van der Waals surface area contributed by atoms with Crippen LogP contribution in [0.2, 0.25) is 0 Å². The van der Waals surface area contributed by atoms with E-state index in [1.54, 1.807) is 11.1 Å². The fourth-order valence-electron chi connectivity index (χ4n) is 2.19. The van der Waals surface area contributed by atoms with Crippen molar-refractivity contribution in [3.8, 4) is 6.19 Å². The summed E-state index contributed by atoms with van der Waals surface area (Å²) in [5, 5.41) is 10.0. The Morgan fingerprint density at radius 1 is 1.24 bits per heavy atom. The number of hydrogen-bond acceptors (Lipinski definition) is 3. The molecule has 84 valence electrons. The van der Waals surface area contributed by atoms with Crippen LogP contribution in [0, 0.1) is 11.5 Å². The van der Waals surface area contributed by atoms with Crippen molar-refractivity contribution >= 4 is 16.6 Å². The van der Waals surface area contributed by atoms with Crippen molar-refractivity contribution in [3.05, 3.63) is 42.9 Å². The van der Waals surface area contributed by atoms with Crippen molar-refractivity contribution in [1.82, 2.24) is 9.47 Å². The van der Waals surface area contributed by atoms with Crippen molar-refractivity contribution in [2.75, 3.05) is 11.6 Å². The Bertz CT molecular complexity index is 632. The zero-order chi connectivity index (χ0) is 11.8. The van der Waals surface area contributed by atoms with E-state index in [0.29, 0.717) is 6.67 Å². The molecule has 0 amide bonds. The highest BCUT2D eigenvalue weighted by Crippen LogP contribution is 2.30. The third-order valence-electron chi connectivity index (χ3n) is 3.05. The monoisotopic (exact) mass is 224 g/mol. The second-order valence-corrected chi connectivity index (χ2v) is 4.12. The molecule has 0 N–H and O–H groups in total. The van der Waals surface area contributed by atoms with Crippen molar-refractivity contribution in [3.63, 3.8) is 0 Å². The molecule has 0 unspecified atom stereocenters. The van der Waals surface area contributed by atoms with Gasteiger partial charge in [0.15, 0.2) is 6.19 Å². The average Bonchev–Trinajstić information content (AvgIpc) is 2.95. The maximum absolute atomic E-state index is 8.84. The number of fused-ring (bicyclic) bond motifs is 1. The van der Waals surface area contributed by atoms with Crippen LogP contribution in [0.1, 0.15) is 0 Å². The zero-order valence-electron chi connectivity index (χ0n) is 9.54. The highest BCUT2D eigenvalue weighted by molar-refractivity contribution is 5.94. The normalized spacial score (nSPS) is 14.6. The first-order chi connectivity index (χ1) is 8.29. The third kappa shape index (κ3) is 1.44. The van der Waals surface area contributed by atoms with E-state index in [0.717, 1.165) is 5.69 Å². The molecule has 0 radical (unpaired) electrons. The van der Waals surface area contributed by atoms with Gasteiger partial charge in [0.1, 0.15) is 6.67 Å². The first-order valence-corrected chi connectivity index (χ1v) is 5.45. The van der Waals surface area contributed by atoms with E-state index in [4.69, 9.17) is 5.26 Å². The molecule has 0 atom stereocenters. The molecule has 0 saturated carbocycles. The number of benzene rings is 1. The second-order valence-electron chi connectivity index (χ2n) is 4.12. The summed E-state index contributed by atoms with van der Waals surface area (Å²) in [4.78, 5) is 3.67. The highest BCUT2D eigenvalue weighted by Gasteiger charge is 2.17. The maximum atomic E-state index is 8.84. The number of aryl methyl sites for hydroxylation is 1. The van der Waals surface area contributed by atoms with Gasteiger partial charge in [-0.15, -0.1) is 0 Å². The maximum Gasteiger partial charge on any atom is 0.185 e. The molecular weight excluding hydrogens is 212 g/mol. The van der Waals surface area contributed by atoms with Crippen molar-refractivity contribution in [1.29, 1.82) is 5.26 Å². The zero-order valence-corrected chi connectivity index (χ0v) is 9.54. The quantitative estimate of drug-likeness (QED) is 0.697. The van der Waals surface area contributed by atoms with E-state index in [-0.39, 0.29) is 0 Å². The SMILES string of the molecule is Cn1cc(N2C=CN(C#N)C2)c2ccccc21. The van der Waals surface area contributed by atoms with Crippen LogP contribution in [0.25, 0.3) is 10.9 Å². The van der Waals surface area contributed by atoms with Crippen LogP contribution in [0.4, 0.5) is 5.69 Å². The first-order valence-electron chi connectivity index (χ1n) is 5.45. The molecule has 0 aliphatic carbocycles. The van der Waals surface area contributed by atoms with Gasteiger partial charge in [-0.25, -0.2) is 0 Å². The predicted octanol–water partition coefficient (Wildman–Crippen LogP) is 2.21. The predicted molar refractivity (Wildman–Crippen MR) is 66.9 cm³/mol. The molecule has 0 saturated heterocycles. The number of aromatic nitrogens is 1. The second kappa shape index (κ2) is 3.56. The van der Waals surface area contributed by atoms with Crippen LogP contribution in [-0.4, -0.2) is 16.1 Å². The Morgan fingerprint density at radius 2 is 2.06 bits per heavy atom. The standard InChI is InChI=1S/C13H12N4/c1-15-8-13(11-4-2-3-5-12(11)15)17-7-6-16(9-14)10-17/h2-8H,10H2,1H3. The summed E-state index contributed by atoms with van der Waals surface area (Å²) in [7, 11) is 2.04. The number of nitriles is 1. The Labute approximate surface area is 99.6 Å². The van der Waals surface area contributed by atoms with Gasteiger partial charge in [0, 0.05) is 36.5 Å². The lowest BCUT2D eigenvalue weighted by Crippen LogP contribution is -2.21. The fourth-order valence-corrected chi connectivity index (χ4v) is 2.19. The molecule has 0 fully saturated rings. The lowest BCUT2D eigenvalue weighted by Gasteiger charge is -2.15. The first kappa shape index (κ1) is 9.79. The molecule has 1 aliphatic heterocycles. The molecule has 17 heavy (non-hydrogen) atoms. The number of nitrogens with zero attached hydrogens (tertiary/aromatic N) is 4. The molecular formula is C13H12N4. The Morgan fingerprint density at radius 3 is 2.82 bits per heavy atom. The van der Waals surface area contributed by atoms with Gasteiger partial charge in [-0.3, -0.25) is 4.90 Å². The lowest BCUT2D eigenvalue weighted by molar-refractivity contribution is 0.568. The molecule has 4 nitrogen and oxygen atoms in total. The summed E-state index contributed by atoms with van der Waals surface area (Å²) in [6, 6.07) is 8.27. The topological polar surface area (TPSA) is 35.2 Å². The van der Waals surface area contributed by atoms with Gasteiger partial charge in [0.25, 0.3) is 0 Å². The fraction of sp³-hybridized carbons (Fsp3) is 0.154. The summed E-state index contributed by atoms with van der Waals surface area (Å²) in [5.74, 6) is 0. The molecule has 0 bridgehead atoms. The smallest absolute Gasteiger partial charge is 0.185 e. The molecule has 4 heteroatoms. The minimum atomic E-state index is 0.588. The van der Waals surface area contributed by atoms with Gasteiger partial charge in [-0.05, 0) is 6.07 Å². The molecule has 1 aromatic carbocycles. The summed E-state index contributed by atoms with van der Waals surface area (Å²) in [6.07, 6.45) is 7.94. The van der Waals surface area contributed by atoms with E-state index in [9.17, 15) is 0 Å². The largest absolute Gasteiger partial charge is 0.348 e. The van der Waals surface area contributed by atoms with Crippen LogP contribution in [0.3, 0.4) is 0 Å². The van der Waals surface area contributed by atoms with E-state index < -0.39 is 0 Å². The molecule has 2 heterocycles. The summed E-state index contributed by atoms with van der Waals surface area (Å²) in [5.41, 5.74) is 2.34. The molecule has 2 aromatic rings. The van der Waals surface area contributed by atoms with Crippen LogP contribution in [0.15, 0.2) is 42.9 Å². The summed E-state index contributed by atoms with van der Waals surface area (Å²) >= 11 is 0. The minimum Gasteiger partial charge on any atom is -0.348 e. The summed E-state index contributed by atoms with van der Waals surface area (Å²) in [6.45, 7) is 0.588. The number of para-hydroxylation sites is 1. The minimum absolute atomic E-state index is 0.588. The highest BCUT2D eigenvalue weighted by atomic mass is 15.3. The average molecular weight is 224 g/mol. The van der Waals surface area contributed by atoms with Gasteiger partial charge in [0.2, 0.25) is 0 Å². The number of hydrogen-bond donors (Lipinski definition) is 0. The van der Waals surface area contributed by atoms with Crippen LogP contribution >= 0.6 is 0 Å². The summed E-state index contributed by atoms with van der Waals surface area (Å²) < 4.78 is 2.10. The van der Waals surface area contributed by atoms with Gasteiger partial charge in [-0.1, -0.05) is 18.2 Å². The molecule has 0 spiro atoms. The van der Waals surface area contributed by atoms with Crippen LogP contribution < -0.4 is 4.90 Å². The third-order valence-corrected chi connectivity index (χ3v) is 3.05. The van der Waals surface area contributed by atoms with Crippen LogP contribution in [-0.2, 0) is 7.05 Å².